The molecule has 4 heteroatoms. The Hall–Kier alpha value is -1.00. The van der Waals surface area contributed by atoms with E-state index in [-0.39, 0.29) is 17.6 Å². The molecule has 1 aliphatic rings. The van der Waals surface area contributed by atoms with E-state index in [9.17, 15) is 4.79 Å². The standard InChI is InChI=1S/C13H16O3S/c1-9-13(6-7-16-9)17-8-12(15)10-2-4-11(14)5-3-10/h2-5,9,13-14H,6-8H2,1H3. The zero-order chi connectivity index (χ0) is 12.3. The molecule has 0 bridgehead atoms. The van der Waals surface area contributed by atoms with Crippen molar-refractivity contribution < 1.29 is 14.6 Å². The number of phenolic OH excluding ortho intramolecular Hbond substituents is 1. The monoisotopic (exact) mass is 252 g/mol. The molecule has 0 radical (unpaired) electrons. The van der Waals surface area contributed by atoms with Crippen molar-refractivity contribution in [2.45, 2.75) is 24.7 Å². The van der Waals surface area contributed by atoms with Crippen LogP contribution in [0.5, 0.6) is 5.75 Å². The summed E-state index contributed by atoms with van der Waals surface area (Å²) >= 11 is 1.66. The normalized spacial score (nSPS) is 23.8. The number of carbonyl (C=O) groups is 1. The van der Waals surface area contributed by atoms with Crippen LogP contribution in [-0.2, 0) is 4.74 Å². The summed E-state index contributed by atoms with van der Waals surface area (Å²) in [4.78, 5) is 11.9. The van der Waals surface area contributed by atoms with Crippen molar-refractivity contribution in [3.05, 3.63) is 29.8 Å². The minimum absolute atomic E-state index is 0.106. The number of thioether (sulfide) groups is 1. The fourth-order valence-electron chi connectivity index (χ4n) is 1.84. The lowest BCUT2D eigenvalue weighted by Crippen LogP contribution is -2.16. The molecule has 1 aromatic rings. The number of ether oxygens (including phenoxy) is 1. The van der Waals surface area contributed by atoms with E-state index in [1.165, 1.54) is 0 Å². The summed E-state index contributed by atoms with van der Waals surface area (Å²) in [5.74, 6) is 0.768. The minimum atomic E-state index is 0.106. The van der Waals surface area contributed by atoms with E-state index in [0.29, 0.717) is 16.6 Å². The highest BCUT2D eigenvalue weighted by molar-refractivity contribution is 8.00. The lowest BCUT2D eigenvalue weighted by Gasteiger charge is -2.12. The number of rotatable bonds is 4. The van der Waals surface area contributed by atoms with Gasteiger partial charge in [-0.15, -0.1) is 11.8 Å². The Labute approximate surface area is 105 Å². The summed E-state index contributed by atoms with van der Waals surface area (Å²) in [5.41, 5.74) is 0.655. The zero-order valence-corrected chi connectivity index (χ0v) is 10.6. The maximum absolute atomic E-state index is 11.9. The Morgan fingerprint density at radius 1 is 1.47 bits per heavy atom. The number of carbonyl (C=O) groups excluding carboxylic acids is 1. The first-order valence-corrected chi connectivity index (χ1v) is 6.77. The van der Waals surface area contributed by atoms with E-state index in [2.05, 4.69) is 6.92 Å². The van der Waals surface area contributed by atoms with E-state index in [0.717, 1.165) is 13.0 Å². The Bertz CT molecular complexity index is 388. The highest BCUT2D eigenvalue weighted by Crippen LogP contribution is 2.26. The molecule has 2 unspecified atom stereocenters. The second kappa shape index (κ2) is 5.56. The maximum Gasteiger partial charge on any atom is 0.172 e. The summed E-state index contributed by atoms with van der Waals surface area (Å²) in [6.45, 7) is 2.85. The van der Waals surface area contributed by atoms with Gasteiger partial charge in [0.05, 0.1) is 11.9 Å². The van der Waals surface area contributed by atoms with Crippen LogP contribution in [0, 0.1) is 0 Å². The first-order chi connectivity index (χ1) is 8.16. The molecule has 0 amide bonds. The lowest BCUT2D eigenvalue weighted by atomic mass is 10.1. The number of ketones is 1. The van der Waals surface area contributed by atoms with Gasteiger partial charge in [0.15, 0.2) is 5.78 Å². The van der Waals surface area contributed by atoms with Crippen LogP contribution >= 0.6 is 11.8 Å². The third-order valence-corrected chi connectivity index (χ3v) is 4.40. The summed E-state index contributed by atoms with van der Waals surface area (Å²) in [6, 6.07) is 6.40. The molecule has 0 spiro atoms. The van der Waals surface area contributed by atoms with Gasteiger partial charge >= 0.3 is 0 Å². The largest absolute Gasteiger partial charge is 0.508 e. The molecule has 1 fully saturated rings. The van der Waals surface area contributed by atoms with Crippen molar-refractivity contribution in [1.82, 2.24) is 0 Å². The second-order valence-electron chi connectivity index (χ2n) is 4.18. The van der Waals surface area contributed by atoms with Crippen LogP contribution in [0.15, 0.2) is 24.3 Å². The van der Waals surface area contributed by atoms with E-state index in [1.54, 1.807) is 36.0 Å². The van der Waals surface area contributed by atoms with Gasteiger partial charge in [0.25, 0.3) is 0 Å². The van der Waals surface area contributed by atoms with Gasteiger partial charge in [-0.2, -0.15) is 0 Å². The van der Waals surface area contributed by atoms with Gasteiger partial charge in [-0.25, -0.2) is 0 Å². The number of phenols is 1. The fourth-order valence-corrected chi connectivity index (χ4v) is 2.99. The van der Waals surface area contributed by atoms with Crippen LogP contribution in [-0.4, -0.2) is 34.6 Å². The predicted octanol–water partition coefficient (Wildman–Crippen LogP) is 2.49. The van der Waals surface area contributed by atoms with Crippen LogP contribution in [0.3, 0.4) is 0 Å². The summed E-state index contributed by atoms with van der Waals surface area (Å²) in [7, 11) is 0. The summed E-state index contributed by atoms with van der Waals surface area (Å²) in [5, 5.41) is 9.57. The number of hydrogen-bond donors (Lipinski definition) is 1. The minimum Gasteiger partial charge on any atom is -0.508 e. The molecule has 1 saturated heterocycles. The highest BCUT2D eigenvalue weighted by atomic mass is 32.2. The third-order valence-electron chi connectivity index (χ3n) is 2.92. The quantitative estimate of drug-likeness (QED) is 0.836. The molecule has 17 heavy (non-hydrogen) atoms. The molecule has 1 aliphatic heterocycles. The van der Waals surface area contributed by atoms with Gasteiger partial charge in [0.2, 0.25) is 0 Å². The van der Waals surface area contributed by atoms with Crippen LogP contribution in [0.4, 0.5) is 0 Å². The number of hydrogen-bond acceptors (Lipinski definition) is 4. The average Bonchev–Trinajstić information content (AvgIpc) is 2.73. The lowest BCUT2D eigenvalue weighted by molar-refractivity contribution is 0.102. The molecule has 1 aromatic carbocycles. The van der Waals surface area contributed by atoms with Crippen LogP contribution in [0.25, 0.3) is 0 Å². The third kappa shape index (κ3) is 3.23. The summed E-state index contributed by atoms with van der Waals surface area (Å²) < 4.78 is 5.45. The second-order valence-corrected chi connectivity index (χ2v) is 5.41. The average molecular weight is 252 g/mol. The SMILES string of the molecule is CC1OCCC1SCC(=O)c1ccc(O)cc1. The highest BCUT2D eigenvalue weighted by Gasteiger charge is 2.25. The van der Waals surface area contributed by atoms with E-state index < -0.39 is 0 Å². The van der Waals surface area contributed by atoms with Gasteiger partial charge in [-0.05, 0) is 37.6 Å². The molecule has 0 saturated carbocycles. The van der Waals surface area contributed by atoms with Crippen molar-refractivity contribution >= 4 is 17.5 Å². The van der Waals surface area contributed by atoms with Gasteiger partial charge in [0, 0.05) is 17.4 Å². The summed E-state index contributed by atoms with van der Waals surface area (Å²) in [6.07, 6.45) is 1.27. The molecular weight excluding hydrogens is 236 g/mol. The van der Waals surface area contributed by atoms with Crippen molar-refractivity contribution in [2.24, 2.45) is 0 Å². The molecule has 3 nitrogen and oxygen atoms in total. The first kappa shape index (κ1) is 12.5. The number of aromatic hydroxyl groups is 1. The number of Topliss-reactive ketones (excluding diaryl/α,β-unsaturated/α-hetero) is 1. The van der Waals surface area contributed by atoms with Crippen molar-refractivity contribution in [3.8, 4) is 5.75 Å². The van der Waals surface area contributed by atoms with E-state index in [4.69, 9.17) is 9.84 Å². The topological polar surface area (TPSA) is 46.5 Å². The van der Waals surface area contributed by atoms with Crippen LogP contribution < -0.4 is 0 Å². The van der Waals surface area contributed by atoms with Gasteiger partial charge in [0.1, 0.15) is 5.75 Å². The van der Waals surface area contributed by atoms with Crippen LogP contribution in [0.2, 0.25) is 0 Å². The molecule has 1 N–H and O–H groups in total. The number of benzene rings is 1. The van der Waals surface area contributed by atoms with Gasteiger partial charge in [-0.3, -0.25) is 4.79 Å². The first-order valence-electron chi connectivity index (χ1n) is 5.72. The molecular formula is C13H16O3S. The molecule has 0 aromatic heterocycles. The van der Waals surface area contributed by atoms with Crippen molar-refractivity contribution in [3.63, 3.8) is 0 Å². The Morgan fingerprint density at radius 2 is 2.18 bits per heavy atom. The predicted molar refractivity (Wildman–Crippen MR) is 68.7 cm³/mol. The van der Waals surface area contributed by atoms with Crippen molar-refractivity contribution in [2.75, 3.05) is 12.4 Å². The van der Waals surface area contributed by atoms with Crippen molar-refractivity contribution in [1.29, 1.82) is 0 Å². The Morgan fingerprint density at radius 3 is 2.76 bits per heavy atom. The zero-order valence-electron chi connectivity index (χ0n) is 9.76. The fraction of sp³-hybridized carbons (Fsp3) is 0.462. The molecule has 92 valence electrons. The van der Waals surface area contributed by atoms with Crippen LogP contribution in [0.1, 0.15) is 23.7 Å². The van der Waals surface area contributed by atoms with Gasteiger partial charge in [-0.1, -0.05) is 0 Å². The van der Waals surface area contributed by atoms with E-state index >= 15 is 0 Å². The molecule has 1 heterocycles. The smallest absolute Gasteiger partial charge is 0.172 e. The molecule has 2 rings (SSSR count). The Kier molecular flexibility index (Phi) is 4.07. The maximum atomic E-state index is 11.9. The molecule has 0 aliphatic carbocycles. The molecule has 2 atom stereocenters. The van der Waals surface area contributed by atoms with Gasteiger partial charge < -0.3 is 9.84 Å². The Balaban J connectivity index is 1.87. The van der Waals surface area contributed by atoms with E-state index in [1.807, 2.05) is 0 Å².